The van der Waals surface area contributed by atoms with Gasteiger partial charge in [0.2, 0.25) is 17.6 Å². The summed E-state index contributed by atoms with van der Waals surface area (Å²) in [5.41, 5.74) is -0.692. The first-order valence-corrected chi connectivity index (χ1v) is 17.5. The zero-order chi connectivity index (χ0) is 36.5. The van der Waals surface area contributed by atoms with Crippen LogP contribution in [-0.4, -0.2) is 90.9 Å². The van der Waals surface area contributed by atoms with Crippen LogP contribution in [0.3, 0.4) is 0 Å². The smallest absolute Gasteiger partial charge is 0.407 e. The van der Waals surface area contributed by atoms with E-state index >= 15 is 0 Å². The van der Waals surface area contributed by atoms with Crippen LogP contribution in [0.15, 0.2) is 12.7 Å². The lowest BCUT2D eigenvalue weighted by molar-refractivity contribution is -0.144. The number of ether oxygens (including phenoxy) is 1. The molecule has 2 aliphatic carbocycles. The standard InChI is InChI=1S/C36H56N6O7/c1-9-12-18-24(29(43)31(45)38-19-10-2)39-30(44)28-26-23(36(26,7)8)20-42(28)32(46)27(22-16-14-13-15-17-22)41-33(47)40-25(35(4,5)6)21-49-34(48)37-11-3/h1,10,22-28H,2,11-21H2,3-8H3,(H,37,48)(H,38,45)(H,39,44)(H2,40,41,47)/t23?,24?,25-,26?,27+,28+/m1/s1. The summed E-state index contributed by atoms with van der Waals surface area (Å²) in [6, 6.07) is -4.09. The van der Waals surface area contributed by atoms with Gasteiger partial charge in [0.25, 0.3) is 5.91 Å². The second kappa shape index (κ2) is 17.0. The maximum Gasteiger partial charge on any atom is 0.407 e. The molecule has 13 nitrogen and oxygen atoms in total. The molecule has 6 atom stereocenters. The number of urea groups is 1. The second-order valence-electron chi connectivity index (χ2n) is 15.1. The van der Waals surface area contributed by atoms with Crippen LogP contribution in [0.1, 0.15) is 86.5 Å². The van der Waals surface area contributed by atoms with E-state index in [1.807, 2.05) is 34.6 Å². The summed E-state index contributed by atoms with van der Waals surface area (Å²) in [6.45, 7) is 15.9. The van der Waals surface area contributed by atoms with Crippen molar-refractivity contribution in [3.8, 4) is 12.3 Å². The number of ketones is 1. The number of carbonyl (C=O) groups excluding carboxylic acids is 6. The number of alkyl carbamates (subject to hydrolysis) is 1. The summed E-state index contributed by atoms with van der Waals surface area (Å²) in [7, 11) is 0. The monoisotopic (exact) mass is 684 g/mol. The molecule has 49 heavy (non-hydrogen) atoms. The second-order valence-corrected chi connectivity index (χ2v) is 15.1. The lowest BCUT2D eigenvalue weighted by Gasteiger charge is -2.38. The van der Waals surface area contributed by atoms with Gasteiger partial charge in [0, 0.05) is 26.1 Å². The van der Waals surface area contributed by atoms with Gasteiger partial charge in [0.15, 0.2) is 0 Å². The topological polar surface area (TPSA) is 175 Å². The number of piperidine rings is 1. The van der Waals surface area contributed by atoms with Gasteiger partial charge in [-0.3, -0.25) is 19.2 Å². The Bertz CT molecular complexity index is 1300. The van der Waals surface area contributed by atoms with E-state index in [-0.39, 0.29) is 55.1 Å². The summed E-state index contributed by atoms with van der Waals surface area (Å²) in [5.74, 6) is -0.351. The number of terminal acetylenes is 1. The van der Waals surface area contributed by atoms with Crippen LogP contribution in [-0.2, 0) is 23.9 Å². The highest BCUT2D eigenvalue weighted by atomic mass is 16.5. The summed E-state index contributed by atoms with van der Waals surface area (Å²) in [6.07, 6.45) is 10.9. The van der Waals surface area contributed by atoms with Gasteiger partial charge in [-0.05, 0) is 54.8 Å². The number of nitrogens with one attached hydrogen (secondary N) is 5. The first kappa shape index (κ1) is 39.4. The zero-order valence-electron chi connectivity index (χ0n) is 30.0. The highest BCUT2D eigenvalue weighted by Gasteiger charge is 2.69. The summed E-state index contributed by atoms with van der Waals surface area (Å²) >= 11 is 0. The Hall–Kier alpha value is -4.08. The van der Waals surface area contributed by atoms with Crippen molar-refractivity contribution in [3.05, 3.63) is 12.7 Å². The molecular formula is C36H56N6O7. The minimum Gasteiger partial charge on any atom is -0.447 e. The molecule has 2 saturated carbocycles. The Morgan fingerprint density at radius 2 is 1.71 bits per heavy atom. The number of rotatable bonds is 15. The van der Waals surface area contributed by atoms with Crippen molar-refractivity contribution >= 4 is 35.6 Å². The fourth-order valence-corrected chi connectivity index (χ4v) is 7.21. The van der Waals surface area contributed by atoms with Crippen molar-refractivity contribution in [1.29, 1.82) is 0 Å². The molecule has 3 fully saturated rings. The van der Waals surface area contributed by atoms with Crippen molar-refractivity contribution in [2.45, 2.75) is 111 Å². The summed E-state index contributed by atoms with van der Waals surface area (Å²) in [4.78, 5) is 81.2. The third kappa shape index (κ3) is 9.98. The van der Waals surface area contributed by atoms with Crippen LogP contribution in [0, 0.1) is 40.9 Å². The van der Waals surface area contributed by atoms with E-state index in [0.717, 1.165) is 32.1 Å². The van der Waals surface area contributed by atoms with E-state index in [1.165, 1.54) is 6.08 Å². The molecular weight excluding hydrogens is 628 g/mol. The molecule has 0 radical (unpaired) electrons. The van der Waals surface area contributed by atoms with Crippen LogP contribution < -0.4 is 26.6 Å². The maximum absolute atomic E-state index is 14.5. The van der Waals surface area contributed by atoms with Gasteiger partial charge < -0.3 is 36.2 Å². The minimum atomic E-state index is -1.17. The fraction of sp³-hybridized carbons (Fsp3) is 0.722. The van der Waals surface area contributed by atoms with E-state index < -0.39 is 59.3 Å². The summed E-state index contributed by atoms with van der Waals surface area (Å²) < 4.78 is 5.33. The van der Waals surface area contributed by atoms with Crippen molar-refractivity contribution in [2.75, 3.05) is 26.2 Å². The Morgan fingerprint density at radius 3 is 2.31 bits per heavy atom. The normalized spacial score (nSPS) is 23.0. The average molecular weight is 685 g/mol. The Labute approximate surface area is 290 Å². The van der Waals surface area contributed by atoms with Crippen LogP contribution in [0.5, 0.6) is 0 Å². The quantitative estimate of drug-likeness (QED) is 0.100. The van der Waals surface area contributed by atoms with Crippen LogP contribution in [0.2, 0.25) is 0 Å². The molecule has 272 valence electrons. The SMILES string of the molecule is C#CCCC(NC(=O)[C@@H]1C2C(CN1C(=O)[C@@H](NC(=O)N[C@H](COC(=O)NCC)C(C)(C)C)C1CCCCC1)C2(C)C)C(=O)C(=O)NCC=C. The molecule has 0 spiro atoms. The molecule has 6 amide bonds. The van der Waals surface area contributed by atoms with Gasteiger partial charge in [-0.2, -0.15) is 0 Å². The number of nitrogens with zero attached hydrogens (tertiary/aromatic N) is 1. The van der Waals surface area contributed by atoms with Gasteiger partial charge in [-0.15, -0.1) is 18.9 Å². The molecule has 0 aromatic carbocycles. The highest BCUT2D eigenvalue weighted by Crippen LogP contribution is 2.65. The molecule has 3 rings (SSSR count). The van der Waals surface area contributed by atoms with E-state index in [9.17, 15) is 28.8 Å². The number of amides is 6. The van der Waals surface area contributed by atoms with Crippen LogP contribution in [0.25, 0.3) is 0 Å². The lowest BCUT2D eigenvalue weighted by atomic mass is 9.83. The molecule has 5 N–H and O–H groups in total. The van der Waals surface area contributed by atoms with Gasteiger partial charge in [0.1, 0.15) is 18.7 Å². The predicted octanol–water partition coefficient (Wildman–Crippen LogP) is 2.65. The Balaban J connectivity index is 1.84. The average Bonchev–Trinajstić information content (AvgIpc) is 3.36. The first-order valence-electron chi connectivity index (χ1n) is 17.5. The number of hydrogen-bond acceptors (Lipinski definition) is 7. The van der Waals surface area contributed by atoms with E-state index in [4.69, 9.17) is 11.2 Å². The first-order chi connectivity index (χ1) is 23.1. The number of Topliss-reactive ketones (excluding diaryl/α,β-unsaturated/α-hetero) is 1. The highest BCUT2D eigenvalue weighted by molar-refractivity contribution is 6.38. The van der Waals surface area contributed by atoms with E-state index in [1.54, 1.807) is 11.8 Å². The Kier molecular flexibility index (Phi) is 13.7. The van der Waals surface area contributed by atoms with Crippen molar-refractivity contribution < 1.29 is 33.5 Å². The number of hydrogen-bond donors (Lipinski definition) is 5. The van der Waals surface area contributed by atoms with Crippen molar-refractivity contribution in [3.63, 3.8) is 0 Å². The molecule has 1 heterocycles. The molecule has 0 aromatic rings. The Morgan fingerprint density at radius 1 is 1.04 bits per heavy atom. The third-order valence-corrected chi connectivity index (χ3v) is 10.3. The largest absolute Gasteiger partial charge is 0.447 e. The molecule has 1 aliphatic heterocycles. The predicted molar refractivity (Wildman–Crippen MR) is 185 cm³/mol. The number of likely N-dealkylation sites (tertiary alicyclic amines) is 1. The molecule has 0 bridgehead atoms. The molecule has 0 aromatic heterocycles. The van der Waals surface area contributed by atoms with Gasteiger partial charge in [-0.25, -0.2) is 9.59 Å². The van der Waals surface area contributed by atoms with Crippen LogP contribution >= 0.6 is 0 Å². The molecule has 3 unspecified atom stereocenters. The molecule has 3 aliphatic rings. The number of fused-ring (bicyclic) bond motifs is 1. The minimum absolute atomic E-state index is 0.0560. The molecule has 1 saturated heterocycles. The van der Waals surface area contributed by atoms with E-state index in [0.29, 0.717) is 13.1 Å². The molecule has 13 heteroatoms. The van der Waals surface area contributed by atoms with Gasteiger partial charge in [0.05, 0.1) is 12.1 Å². The lowest BCUT2D eigenvalue weighted by Crippen LogP contribution is -2.61. The van der Waals surface area contributed by atoms with Crippen molar-refractivity contribution in [2.24, 2.45) is 28.6 Å². The van der Waals surface area contributed by atoms with Gasteiger partial charge in [-0.1, -0.05) is 60.0 Å². The van der Waals surface area contributed by atoms with Crippen molar-refractivity contribution in [1.82, 2.24) is 31.5 Å². The summed E-state index contributed by atoms with van der Waals surface area (Å²) in [5, 5.41) is 13.6. The van der Waals surface area contributed by atoms with Gasteiger partial charge >= 0.3 is 12.1 Å². The fourth-order valence-electron chi connectivity index (χ4n) is 7.21. The maximum atomic E-state index is 14.5. The van der Waals surface area contributed by atoms with Crippen LogP contribution in [0.4, 0.5) is 9.59 Å². The third-order valence-electron chi connectivity index (χ3n) is 10.3. The van der Waals surface area contributed by atoms with E-state index in [2.05, 4.69) is 39.1 Å². The number of carbonyl (C=O) groups is 6. The zero-order valence-corrected chi connectivity index (χ0v) is 30.0.